The van der Waals surface area contributed by atoms with E-state index in [2.05, 4.69) is 37.5 Å². The first-order chi connectivity index (χ1) is 8.72. The van der Waals surface area contributed by atoms with Crippen molar-refractivity contribution in [2.75, 3.05) is 4.43 Å². The van der Waals surface area contributed by atoms with E-state index >= 15 is 0 Å². The molecule has 0 unspecified atom stereocenters. The molecule has 3 heterocycles. The summed E-state index contributed by atoms with van der Waals surface area (Å²) in [5.74, 6) is 0. The van der Waals surface area contributed by atoms with Crippen LogP contribution in [-0.2, 0) is 4.74 Å². The Bertz CT molecular complexity index is 566. The molecule has 1 aliphatic rings. The monoisotopic (exact) mass is 364 g/mol. The van der Waals surface area contributed by atoms with E-state index in [-0.39, 0.29) is 0 Å². The van der Waals surface area contributed by atoms with Crippen LogP contribution >= 0.6 is 22.6 Å². The lowest BCUT2D eigenvalue weighted by Gasteiger charge is -2.14. The Morgan fingerprint density at radius 1 is 1.50 bits per heavy atom. The van der Waals surface area contributed by atoms with Crippen molar-refractivity contribution in [1.82, 2.24) is 19.5 Å². The number of imidazole rings is 1. The van der Waals surface area contributed by atoms with Gasteiger partial charge >= 0.3 is 0 Å². The van der Waals surface area contributed by atoms with Crippen molar-refractivity contribution in [2.45, 2.75) is 24.6 Å². The van der Waals surface area contributed by atoms with Crippen molar-refractivity contribution in [3.8, 4) is 0 Å². The van der Waals surface area contributed by atoms with Gasteiger partial charge in [-0.05, 0) is 0 Å². The molecule has 3 rings (SSSR count). The van der Waals surface area contributed by atoms with Crippen LogP contribution in [0.2, 0.25) is 0 Å². The first-order valence-corrected chi connectivity index (χ1v) is 6.91. The molecule has 0 radical (unpaired) electrons. The van der Waals surface area contributed by atoms with Gasteiger partial charge in [-0.1, -0.05) is 22.6 Å². The predicted molar refractivity (Wildman–Crippen MR) is 69.0 cm³/mol. The molecule has 2 aromatic rings. The highest BCUT2D eigenvalue weighted by Gasteiger charge is 2.45. The second-order valence-corrected chi connectivity index (χ2v) is 4.92. The van der Waals surface area contributed by atoms with Gasteiger partial charge in [0, 0.05) is 4.43 Å². The number of aliphatic hydroxyl groups is 1. The van der Waals surface area contributed by atoms with Gasteiger partial charge in [-0.2, -0.15) is 0 Å². The van der Waals surface area contributed by atoms with Crippen LogP contribution in [0.25, 0.3) is 11.2 Å². The van der Waals surface area contributed by atoms with Crippen molar-refractivity contribution in [1.29, 1.82) is 0 Å². The van der Waals surface area contributed by atoms with Gasteiger partial charge in [0.25, 0.3) is 0 Å². The highest BCUT2D eigenvalue weighted by Crippen LogP contribution is 2.33. The summed E-state index contributed by atoms with van der Waals surface area (Å²) in [6.45, 7) is 0. The Balaban J connectivity index is 2.00. The molecular weight excluding hydrogens is 354 g/mol. The van der Waals surface area contributed by atoms with Gasteiger partial charge in [0.05, 0.1) is 18.6 Å². The molecule has 0 spiro atoms. The Kier molecular flexibility index (Phi) is 3.16. The smallest absolute Gasteiger partial charge is 0.173 e. The van der Waals surface area contributed by atoms with Crippen LogP contribution < -0.4 is 0 Å². The van der Waals surface area contributed by atoms with E-state index in [1.165, 1.54) is 17.2 Å². The third-order valence-corrected chi connectivity index (χ3v) is 3.83. The van der Waals surface area contributed by atoms with Gasteiger partial charge in [0.1, 0.15) is 17.9 Å². The normalized spacial score (nSPS) is 32.2. The van der Waals surface area contributed by atoms with Crippen LogP contribution in [-0.4, -0.2) is 47.4 Å². The number of aromatic nitrogens is 4. The Morgan fingerprint density at radius 3 is 3.06 bits per heavy atom. The summed E-state index contributed by atoms with van der Waals surface area (Å²) in [6.07, 6.45) is 0.369. The summed E-state index contributed by atoms with van der Waals surface area (Å²) in [4.78, 5) is 12.0. The van der Waals surface area contributed by atoms with E-state index in [4.69, 9.17) is 4.74 Å². The fraction of sp³-hybridized carbons (Fsp3) is 0.500. The number of fused-ring (bicyclic) bond motifs is 1. The van der Waals surface area contributed by atoms with E-state index in [0.717, 1.165) is 0 Å². The standard InChI is InChI=1S/C10H10FIN4O2/c11-7-8(17)6(1-12)18-10(7)16-4-15-5-2-13-3-14-9(5)16/h2-4,6-8,10,17H,1H2/t6-,7-,8-,10-/m1/s1. The Morgan fingerprint density at radius 2 is 2.33 bits per heavy atom. The lowest BCUT2D eigenvalue weighted by molar-refractivity contribution is -0.0104. The summed E-state index contributed by atoms with van der Waals surface area (Å²) >= 11 is 2.06. The molecule has 18 heavy (non-hydrogen) atoms. The number of hydrogen-bond donors (Lipinski definition) is 1. The maximum Gasteiger partial charge on any atom is 0.173 e. The van der Waals surface area contributed by atoms with Gasteiger partial charge in [-0.15, -0.1) is 0 Å². The van der Waals surface area contributed by atoms with Crippen molar-refractivity contribution in [3.05, 3.63) is 18.9 Å². The molecule has 0 amide bonds. The first kappa shape index (κ1) is 12.2. The quantitative estimate of drug-likeness (QED) is 0.632. The molecule has 0 saturated carbocycles. The van der Waals surface area contributed by atoms with Crippen molar-refractivity contribution in [3.63, 3.8) is 0 Å². The fourth-order valence-corrected chi connectivity index (χ4v) is 2.75. The number of ether oxygens (including phenoxy) is 1. The van der Waals surface area contributed by atoms with Gasteiger partial charge in [-0.25, -0.2) is 19.3 Å². The average molecular weight is 364 g/mol. The minimum atomic E-state index is -1.49. The third kappa shape index (κ3) is 1.79. The predicted octanol–water partition coefficient (Wildman–Crippen LogP) is 0.858. The number of alkyl halides is 2. The SMILES string of the molecule is O[C@H]1[C@@H](F)[C@H](n2cnc3cncnc32)O[C@@H]1CI. The minimum Gasteiger partial charge on any atom is -0.387 e. The van der Waals surface area contributed by atoms with E-state index < -0.39 is 24.6 Å². The largest absolute Gasteiger partial charge is 0.387 e. The lowest BCUT2D eigenvalue weighted by Crippen LogP contribution is -2.29. The zero-order valence-electron chi connectivity index (χ0n) is 9.15. The van der Waals surface area contributed by atoms with Crippen LogP contribution in [0.15, 0.2) is 18.9 Å². The maximum absolute atomic E-state index is 14.0. The van der Waals surface area contributed by atoms with Crippen LogP contribution in [0, 0.1) is 0 Å². The second-order valence-electron chi connectivity index (χ2n) is 4.04. The Labute approximate surface area is 115 Å². The highest BCUT2D eigenvalue weighted by atomic mass is 127. The molecule has 6 nitrogen and oxygen atoms in total. The fourth-order valence-electron chi connectivity index (χ4n) is 2.03. The zero-order chi connectivity index (χ0) is 12.7. The van der Waals surface area contributed by atoms with E-state index in [9.17, 15) is 9.50 Å². The second kappa shape index (κ2) is 4.67. The highest BCUT2D eigenvalue weighted by molar-refractivity contribution is 14.1. The third-order valence-electron chi connectivity index (χ3n) is 2.96. The molecule has 96 valence electrons. The summed E-state index contributed by atoms with van der Waals surface area (Å²) in [5, 5.41) is 9.73. The number of rotatable bonds is 2. The molecule has 8 heteroatoms. The van der Waals surface area contributed by atoms with Gasteiger partial charge in [0.2, 0.25) is 0 Å². The molecular formula is C10H10FIN4O2. The number of hydrogen-bond acceptors (Lipinski definition) is 5. The molecule has 1 fully saturated rings. The summed E-state index contributed by atoms with van der Waals surface area (Å²) < 4.78 is 21.6. The number of halogens is 2. The van der Waals surface area contributed by atoms with Gasteiger partial charge in [0.15, 0.2) is 18.0 Å². The molecule has 1 aliphatic heterocycles. The van der Waals surface area contributed by atoms with Crippen molar-refractivity contribution < 1.29 is 14.2 Å². The van der Waals surface area contributed by atoms with E-state index in [1.54, 1.807) is 6.20 Å². The number of aliphatic hydroxyl groups excluding tert-OH is 1. The molecule has 2 aromatic heterocycles. The zero-order valence-corrected chi connectivity index (χ0v) is 11.3. The minimum absolute atomic E-state index is 0.499. The van der Waals surface area contributed by atoms with E-state index in [0.29, 0.717) is 15.6 Å². The molecule has 1 N–H and O–H groups in total. The molecule has 0 aromatic carbocycles. The van der Waals surface area contributed by atoms with Crippen LogP contribution in [0.5, 0.6) is 0 Å². The summed E-state index contributed by atoms with van der Waals surface area (Å²) in [5.41, 5.74) is 1.07. The molecule has 4 atom stereocenters. The summed E-state index contributed by atoms with van der Waals surface area (Å²) in [6, 6.07) is 0. The van der Waals surface area contributed by atoms with Crippen molar-refractivity contribution >= 4 is 33.8 Å². The first-order valence-electron chi connectivity index (χ1n) is 5.38. The molecule has 0 aliphatic carbocycles. The number of nitrogens with zero attached hydrogens (tertiary/aromatic N) is 4. The van der Waals surface area contributed by atoms with Gasteiger partial charge in [-0.3, -0.25) is 4.57 Å². The molecule has 1 saturated heterocycles. The molecule has 0 bridgehead atoms. The van der Waals surface area contributed by atoms with Gasteiger partial charge < -0.3 is 9.84 Å². The summed E-state index contributed by atoms with van der Waals surface area (Å²) in [7, 11) is 0. The average Bonchev–Trinajstić information content (AvgIpc) is 2.93. The van der Waals surface area contributed by atoms with Crippen LogP contribution in [0.4, 0.5) is 4.39 Å². The Hall–Kier alpha value is -0.870. The van der Waals surface area contributed by atoms with Crippen LogP contribution in [0.1, 0.15) is 6.23 Å². The van der Waals surface area contributed by atoms with Crippen molar-refractivity contribution in [2.24, 2.45) is 0 Å². The maximum atomic E-state index is 14.0. The lowest BCUT2D eigenvalue weighted by atomic mass is 10.2. The topological polar surface area (TPSA) is 73.1 Å². The van der Waals surface area contributed by atoms with E-state index in [1.807, 2.05) is 0 Å². The van der Waals surface area contributed by atoms with Crippen LogP contribution in [0.3, 0.4) is 0 Å².